The van der Waals surface area contributed by atoms with Crippen LogP contribution in [0.15, 0.2) is 18.2 Å². The second-order valence-corrected chi connectivity index (χ2v) is 12.8. The molecule has 1 aliphatic carbocycles. The highest BCUT2D eigenvalue weighted by atomic mass is 35.5. The van der Waals surface area contributed by atoms with Crippen molar-refractivity contribution in [3.63, 3.8) is 0 Å². The number of nitrogens with one attached hydrogen (secondary N) is 2. The summed E-state index contributed by atoms with van der Waals surface area (Å²) in [5.41, 5.74) is 1.12. The summed E-state index contributed by atoms with van der Waals surface area (Å²) in [6.45, 7) is 9.52. The first-order chi connectivity index (χ1) is 19.5. The fourth-order valence-electron chi connectivity index (χ4n) is 5.11. The van der Waals surface area contributed by atoms with Crippen molar-refractivity contribution in [3.8, 4) is 0 Å². The summed E-state index contributed by atoms with van der Waals surface area (Å²) >= 11 is 12.2. The Kier molecular flexibility index (Phi) is 10.5. The molecular formula is C29H42Cl2N6O4. The highest BCUT2D eigenvalue weighted by Crippen LogP contribution is 2.45. The van der Waals surface area contributed by atoms with Gasteiger partial charge < -0.3 is 25.4 Å². The lowest BCUT2D eigenvalue weighted by molar-refractivity contribution is -0.143. The van der Waals surface area contributed by atoms with Gasteiger partial charge in [-0.05, 0) is 90.3 Å². The van der Waals surface area contributed by atoms with E-state index in [1.165, 1.54) is 16.3 Å². The third-order valence-corrected chi connectivity index (χ3v) is 8.03. The number of fused-ring (bicyclic) bond motifs is 1. The molecule has 4 rings (SSSR count). The van der Waals surface area contributed by atoms with E-state index in [4.69, 9.17) is 32.9 Å². The zero-order valence-corrected chi connectivity index (χ0v) is 25.7. The molecule has 3 heterocycles. The molecule has 1 saturated carbocycles. The van der Waals surface area contributed by atoms with Crippen molar-refractivity contribution in [1.82, 2.24) is 25.0 Å². The molecule has 1 unspecified atom stereocenters. The number of pyridine rings is 1. The zero-order chi connectivity index (χ0) is 29.6. The Morgan fingerprint density at radius 3 is 2.66 bits per heavy atom. The molecule has 0 bridgehead atoms. The van der Waals surface area contributed by atoms with Gasteiger partial charge in [0.25, 0.3) is 0 Å². The number of anilines is 1. The number of carboxylic acid groups (broad SMARTS) is 1. The number of aromatic nitrogens is 3. The number of rotatable bonds is 15. The highest BCUT2D eigenvalue weighted by Gasteiger charge is 2.54. The van der Waals surface area contributed by atoms with Crippen molar-refractivity contribution in [2.24, 2.45) is 0 Å². The van der Waals surface area contributed by atoms with Crippen LogP contribution in [0.1, 0.15) is 70.6 Å². The first-order valence-corrected chi connectivity index (χ1v) is 15.3. The van der Waals surface area contributed by atoms with Crippen LogP contribution in [0, 0.1) is 0 Å². The molecule has 41 heavy (non-hydrogen) atoms. The van der Waals surface area contributed by atoms with Crippen LogP contribution >= 0.6 is 23.2 Å². The molecule has 0 radical (unpaired) electrons. The Balaban J connectivity index is 1.31. The van der Waals surface area contributed by atoms with Crippen LogP contribution in [0.2, 0.25) is 10.3 Å². The summed E-state index contributed by atoms with van der Waals surface area (Å²) in [7, 11) is 0. The second-order valence-electron chi connectivity index (χ2n) is 12.0. The Labute approximate surface area is 252 Å². The van der Waals surface area contributed by atoms with E-state index in [0.29, 0.717) is 32.5 Å². The molecule has 2 aliphatic rings. The number of aliphatic carboxylic acids is 1. The number of ether oxygens (including phenoxy) is 1. The van der Waals surface area contributed by atoms with E-state index >= 15 is 0 Å². The number of amides is 1. The number of carbonyl (C=O) groups excluding carboxylic acids is 1. The van der Waals surface area contributed by atoms with Gasteiger partial charge in [0.05, 0.1) is 12.2 Å². The van der Waals surface area contributed by atoms with Gasteiger partial charge in [0.15, 0.2) is 5.15 Å². The molecule has 0 saturated heterocycles. The van der Waals surface area contributed by atoms with Gasteiger partial charge >= 0.3 is 5.97 Å². The number of carbonyl (C=O) groups is 2. The Bertz CT molecular complexity index is 1210. The van der Waals surface area contributed by atoms with Crippen LogP contribution in [0.5, 0.6) is 0 Å². The Morgan fingerprint density at radius 2 is 2.00 bits per heavy atom. The van der Waals surface area contributed by atoms with E-state index in [2.05, 4.69) is 32.8 Å². The summed E-state index contributed by atoms with van der Waals surface area (Å²) < 4.78 is 7.34. The van der Waals surface area contributed by atoms with E-state index in [0.717, 1.165) is 56.7 Å². The van der Waals surface area contributed by atoms with Crippen molar-refractivity contribution >= 4 is 40.9 Å². The first-order valence-electron chi connectivity index (χ1n) is 14.5. The summed E-state index contributed by atoms with van der Waals surface area (Å²) in [5.74, 6) is -0.458. The Morgan fingerprint density at radius 1 is 1.22 bits per heavy atom. The highest BCUT2D eigenvalue weighted by molar-refractivity contribution is 6.33. The van der Waals surface area contributed by atoms with Gasteiger partial charge in [-0.1, -0.05) is 29.3 Å². The molecule has 12 heteroatoms. The molecule has 3 N–H and O–H groups in total. The maximum atomic E-state index is 13.2. The number of carboxylic acids is 1. The monoisotopic (exact) mass is 608 g/mol. The molecule has 1 aliphatic heterocycles. The minimum absolute atomic E-state index is 0.191. The summed E-state index contributed by atoms with van der Waals surface area (Å²) in [6.07, 6.45) is 6.32. The van der Waals surface area contributed by atoms with E-state index in [-0.39, 0.29) is 22.3 Å². The van der Waals surface area contributed by atoms with E-state index < -0.39 is 23.5 Å². The molecule has 2 aromatic rings. The number of aryl methyl sites for hydroxylation is 2. The van der Waals surface area contributed by atoms with Gasteiger partial charge in [-0.25, -0.2) is 14.5 Å². The van der Waals surface area contributed by atoms with Crippen molar-refractivity contribution < 1.29 is 19.4 Å². The smallest absolute Gasteiger partial charge is 0.326 e. The minimum Gasteiger partial charge on any atom is -0.480 e. The lowest BCUT2D eigenvalue weighted by Crippen LogP contribution is -2.49. The van der Waals surface area contributed by atoms with Crippen LogP contribution in [0.4, 0.5) is 5.82 Å². The molecule has 2 aromatic heterocycles. The Hall–Kier alpha value is -2.40. The predicted octanol–water partition coefficient (Wildman–Crippen LogP) is 4.53. The third-order valence-electron chi connectivity index (χ3n) is 7.58. The standard InChI is InChI=1S/C29H42Cl2N6O4/c1-28(2,3)41-18-17-36(15-5-4-8-21-10-9-20-7-6-14-32-25(20)33-21)16-11-22(26(38)39)34-27(40)29(12-13-29)37-24(31)19-23(30)35-37/h9-10,19,22H,4-8,11-18H2,1-3H3,(H,32,33)(H,34,40)(H,38,39). The summed E-state index contributed by atoms with van der Waals surface area (Å²) in [5, 5.41) is 20.6. The molecule has 0 spiro atoms. The zero-order valence-electron chi connectivity index (χ0n) is 24.2. The fourth-order valence-corrected chi connectivity index (χ4v) is 5.65. The van der Waals surface area contributed by atoms with Crippen LogP contribution in [0.3, 0.4) is 0 Å². The van der Waals surface area contributed by atoms with Gasteiger partial charge in [-0.2, -0.15) is 5.10 Å². The van der Waals surface area contributed by atoms with Gasteiger partial charge in [-0.15, -0.1) is 0 Å². The maximum absolute atomic E-state index is 13.2. The largest absolute Gasteiger partial charge is 0.480 e. The number of unbranched alkanes of at least 4 members (excludes halogenated alkanes) is 1. The first kappa shape index (κ1) is 31.5. The predicted molar refractivity (Wildman–Crippen MR) is 160 cm³/mol. The SMILES string of the molecule is CC(C)(C)OCCN(CCCCc1ccc2c(n1)NCCC2)CCC(NC(=O)C1(n2nc(Cl)cc2Cl)CC1)C(=O)O. The molecule has 226 valence electrons. The van der Waals surface area contributed by atoms with Crippen LogP contribution in [0.25, 0.3) is 0 Å². The number of halogens is 2. The van der Waals surface area contributed by atoms with Crippen molar-refractivity contribution in [1.29, 1.82) is 0 Å². The molecule has 1 amide bonds. The second kappa shape index (κ2) is 13.7. The van der Waals surface area contributed by atoms with Gasteiger partial charge in [0, 0.05) is 31.4 Å². The molecule has 1 atom stereocenters. The summed E-state index contributed by atoms with van der Waals surface area (Å²) in [4.78, 5) is 32.3. The van der Waals surface area contributed by atoms with Crippen LogP contribution in [-0.4, -0.2) is 81.1 Å². The average molecular weight is 610 g/mol. The van der Waals surface area contributed by atoms with E-state index in [9.17, 15) is 14.7 Å². The van der Waals surface area contributed by atoms with E-state index in [1.54, 1.807) is 0 Å². The van der Waals surface area contributed by atoms with Crippen LogP contribution in [-0.2, 0) is 32.7 Å². The minimum atomic E-state index is -1.07. The lowest BCUT2D eigenvalue weighted by Gasteiger charge is -2.27. The number of hydrogen-bond donors (Lipinski definition) is 3. The fraction of sp³-hybridized carbons (Fsp3) is 0.655. The molecule has 0 aromatic carbocycles. The normalized spacial score (nSPS) is 16.6. The molecule has 10 nitrogen and oxygen atoms in total. The molecular weight excluding hydrogens is 567 g/mol. The number of hydrogen-bond acceptors (Lipinski definition) is 7. The maximum Gasteiger partial charge on any atom is 0.326 e. The van der Waals surface area contributed by atoms with Crippen molar-refractivity contribution in [2.45, 2.75) is 89.3 Å². The van der Waals surface area contributed by atoms with Gasteiger partial charge in [0.2, 0.25) is 5.91 Å². The topological polar surface area (TPSA) is 122 Å². The quantitative estimate of drug-likeness (QED) is 0.252. The summed E-state index contributed by atoms with van der Waals surface area (Å²) in [6, 6.07) is 4.74. The lowest BCUT2D eigenvalue weighted by atomic mass is 10.1. The average Bonchev–Trinajstić information content (AvgIpc) is 3.65. The van der Waals surface area contributed by atoms with Crippen LogP contribution < -0.4 is 10.6 Å². The van der Waals surface area contributed by atoms with Gasteiger partial charge in [0.1, 0.15) is 22.6 Å². The van der Waals surface area contributed by atoms with E-state index in [1.807, 2.05) is 20.8 Å². The van der Waals surface area contributed by atoms with Gasteiger partial charge in [-0.3, -0.25) is 4.79 Å². The van der Waals surface area contributed by atoms with Crippen molar-refractivity contribution in [3.05, 3.63) is 39.8 Å². The number of nitrogens with zero attached hydrogens (tertiary/aromatic N) is 4. The third kappa shape index (κ3) is 8.80. The molecule has 1 fully saturated rings. The van der Waals surface area contributed by atoms with Crippen molar-refractivity contribution in [2.75, 3.05) is 38.1 Å².